The molecule has 1 unspecified atom stereocenters. The molecule has 6 nitrogen and oxygen atoms in total. The summed E-state index contributed by atoms with van der Waals surface area (Å²) in [7, 11) is 0. The van der Waals surface area contributed by atoms with Gasteiger partial charge in [0.1, 0.15) is 5.82 Å². The van der Waals surface area contributed by atoms with Gasteiger partial charge >= 0.3 is 0 Å². The summed E-state index contributed by atoms with van der Waals surface area (Å²) >= 11 is 1.55. The smallest absolute Gasteiger partial charge is 0.225 e. The van der Waals surface area contributed by atoms with Crippen molar-refractivity contribution in [2.24, 2.45) is 5.92 Å². The highest BCUT2D eigenvalue weighted by Crippen LogP contribution is 2.32. The van der Waals surface area contributed by atoms with Gasteiger partial charge < -0.3 is 10.2 Å². The Bertz CT molecular complexity index is 742. The summed E-state index contributed by atoms with van der Waals surface area (Å²) in [5.41, 5.74) is 1.87. The minimum atomic E-state index is -0.0293. The summed E-state index contributed by atoms with van der Waals surface area (Å²) in [6, 6.07) is 1.88. The van der Waals surface area contributed by atoms with Crippen LogP contribution in [0.5, 0.6) is 0 Å². The number of carbonyl (C=O) groups is 1. The lowest BCUT2D eigenvalue weighted by Crippen LogP contribution is -2.34. The Morgan fingerprint density at radius 1 is 1.29 bits per heavy atom. The van der Waals surface area contributed by atoms with Gasteiger partial charge in [-0.2, -0.15) is 0 Å². The van der Waals surface area contributed by atoms with E-state index in [0.29, 0.717) is 0 Å². The maximum atomic E-state index is 12.4. The molecular formula is C17H23N5OS. The number of rotatable bonds is 4. The van der Waals surface area contributed by atoms with Gasteiger partial charge in [0.15, 0.2) is 11.0 Å². The Balaban J connectivity index is 1.86. The molecule has 1 atom stereocenters. The van der Waals surface area contributed by atoms with Gasteiger partial charge in [0, 0.05) is 29.6 Å². The van der Waals surface area contributed by atoms with Crippen LogP contribution in [-0.4, -0.2) is 32.3 Å². The first-order valence-electron chi connectivity index (χ1n) is 8.29. The summed E-state index contributed by atoms with van der Waals surface area (Å²) in [5.74, 6) is 1.62. The molecule has 0 aromatic carbocycles. The van der Waals surface area contributed by atoms with Crippen LogP contribution in [0.2, 0.25) is 0 Å². The van der Waals surface area contributed by atoms with Crippen LogP contribution in [0.15, 0.2) is 11.4 Å². The third-order valence-electron chi connectivity index (χ3n) is 4.05. The predicted molar refractivity (Wildman–Crippen MR) is 95.4 cm³/mol. The molecule has 0 radical (unpaired) electrons. The van der Waals surface area contributed by atoms with Crippen molar-refractivity contribution < 1.29 is 4.79 Å². The molecule has 1 fully saturated rings. The summed E-state index contributed by atoms with van der Waals surface area (Å²) in [4.78, 5) is 28.0. The zero-order valence-electron chi connectivity index (χ0n) is 14.5. The van der Waals surface area contributed by atoms with Crippen molar-refractivity contribution in [3.8, 4) is 0 Å². The zero-order valence-corrected chi connectivity index (χ0v) is 15.4. The van der Waals surface area contributed by atoms with Crippen LogP contribution < -0.4 is 5.32 Å². The molecule has 1 saturated heterocycles. The molecule has 2 aromatic heterocycles. The summed E-state index contributed by atoms with van der Waals surface area (Å²) in [5, 5.41) is 6.06. The topological polar surface area (TPSA) is 71.0 Å². The number of thiazole rings is 1. The Labute approximate surface area is 146 Å². The number of nitrogens with one attached hydrogen (secondary N) is 1. The van der Waals surface area contributed by atoms with Crippen LogP contribution >= 0.6 is 11.3 Å². The van der Waals surface area contributed by atoms with E-state index in [-0.39, 0.29) is 17.9 Å². The van der Waals surface area contributed by atoms with Crippen molar-refractivity contribution in [1.82, 2.24) is 19.9 Å². The molecule has 0 aliphatic carbocycles. The van der Waals surface area contributed by atoms with E-state index < -0.39 is 0 Å². The molecule has 0 saturated carbocycles. The molecule has 7 heteroatoms. The molecular weight excluding hydrogens is 322 g/mol. The van der Waals surface area contributed by atoms with Crippen LogP contribution in [-0.2, 0) is 4.79 Å². The van der Waals surface area contributed by atoms with Gasteiger partial charge in [-0.1, -0.05) is 13.8 Å². The van der Waals surface area contributed by atoms with Crippen molar-refractivity contribution in [1.29, 1.82) is 0 Å². The van der Waals surface area contributed by atoms with E-state index >= 15 is 0 Å². The van der Waals surface area contributed by atoms with Crippen molar-refractivity contribution in [2.45, 2.75) is 46.6 Å². The molecule has 2 aromatic rings. The highest BCUT2D eigenvalue weighted by Gasteiger charge is 2.33. The molecule has 0 spiro atoms. The Hall–Kier alpha value is -2.02. The number of hydrogen-bond acceptors (Lipinski definition) is 6. The quantitative estimate of drug-likeness (QED) is 0.916. The summed E-state index contributed by atoms with van der Waals surface area (Å²) in [6.45, 7) is 8.58. The first-order valence-corrected chi connectivity index (χ1v) is 9.17. The van der Waals surface area contributed by atoms with E-state index in [0.717, 1.165) is 47.5 Å². The number of aromatic nitrogens is 3. The lowest BCUT2D eigenvalue weighted by atomic mass is 10.1. The maximum absolute atomic E-state index is 12.4. The van der Waals surface area contributed by atoms with Gasteiger partial charge in [-0.25, -0.2) is 15.0 Å². The van der Waals surface area contributed by atoms with Crippen molar-refractivity contribution in [3.63, 3.8) is 0 Å². The van der Waals surface area contributed by atoms with Crippen molar-refractivity contribution in [2.75, 3.05) is 11.9 Å². The minimum Gasteiger partial charge on any atom is -0.332 e. The third kappa shape index (κ3) is 3.56. The normalized spacial score (nSPS) is 17.5. The summed E-state index contributed by atoms with van der Waals surface area (Å²) in [6.07, 6.45) is 1.91. The second-order valence-corrected chi connectivity index (χ2v) is 7.37. The van der Waals surface area contributed by atoms with E-state index in [4.69, 9.17) is 0 Å². The zero-order chi connectivity index (χ0) is 17.3. The Morgan fingerprint density at radius 2 is 2.08 bits per heavy atom. The van der Waals surface area contributed by atoms with Crippen LogP contribution in [0.1, 0.15) is 49.9 Å². The van der Waals surface area contributed by atoms with E-state index in [1.165, 1.54) is 0 Å². The van der Waals surface area contributed by atoms with Gasteiger partial charge in [0.05, 0.1) is 11.7 Å². The van der Waals surface area contributed by atoms with Gasteiger partial charge in [0.25, 0.3) is 0 Å². The molecule has 3 heterocycles. The van der Waals surface area contributed by atoms with Crippen LogP contribution in [0, 0.1) is 19.8 Å². The number of nitrogens with zero attached hydrogens (tertiary/aromatic N) is 4. The second kappa shape index (κ2) is 6.84. The molecule has 0 bridgehead atoms. The third-order valence-corrected chi connectivity index (χ3v) is 4.93. The average Bonchev–Trinajstić information content (AvgIpc) is 3.14. The van der Waals surface area contributed by atoms with Crippen LogP contribution in [0.25, 0.3) is 0 Å². The number of hydrogen-bond donors (Lipinski definition) is 1. The Morgan fingerprint density at radius 3 is 2.75 bits per heavy atom. The fraction of sp³-hybridized carbons (Fsp3) is 0.529. The highest BCUT2D eigenvalue weighted by molar-refractivity contribution is 7.13. The van der Waals surface area contributed by atoms with Gasteiger partial charge in [-0.05, 0) is 26.7 Å². The van der Waals surface area contributed by atoms with Crippen LogP contribution in [0.3, 0.4) is 0 Å². The lowest BCUT2D eigenvalue weighted by molar-refractivity contribution is -0.135. The van der Waals surface area contributed by atoms with Gasteiger partial charge in [-0.3, -0.25) is 4.79 Å². The van der Waals surface area contributed by atoms with E-state index in [1.807, 2.05) is 44.0 Å². The maximum Gasteiger partial charge on any atom is 0.225 e. The van der Waals surface area contributed by atoms with Crippen molar-refractivity contribution >= 4 is 28.2 Å². The minimum absolute atomic E-state index is 0.00806. The SMILES string of the molecule is Cc1cc(Nc2nc(C)cs2)nc(C2CCCN2C(=O)C(C)C)n1. The van der Waals surface area contributed by atoms with Gasteiger partial charge in [0.2, 0.25) is 5.91 Å². The van der Waals surface area contributed by atoms with E-state index in [1.54, 1.807) is 11.3 Å². The van der Waals surface area contributed by atoms with E-state index in [9.17, 15) is 4.79 Å². The second-order valence-electron chi connectivity index (χ2n) is 6.52. The number of aryl methyl sites for hydroxylation is 2. The molecule has 3 rings (SSSR count). The fourth-order valence-electron chi connectivity index (χ4n) is 2.96. The molecule has 24 heavy (non-hydrogen) atoms. The molecule has 1 aliphatic rings. The molecule has 1 amide bonds. The molecule has 1 aliphatic heterocycles. The standard InChI is InChI=1S/C17H23N5OS/c1-10(2)16(23)22-7-5-6-13(22)15-18-11(3)8-14(20-15)21-17-19-12(4)9-24-17/h8-10,13H,5-7H2,1-4H3,(H,18,19,20,21). The average molecular weight is 345 g/mol. The number of anilines is 2. The molecule has 1 N–H and O–H groups in total. The number of carbonyl (C=O) groups excluding carboxylic acids is 1. The fourth-order valence-corrected chi connectivity index (χ4v) is 3.65. The number of amides is 1. The van der Waals surface area contributed by atoms with E-state index in [2.05, 4.69) is 20.3 Å². The largest absolute Gasteiger partial charge is 0.332 e. The van der Waals surface area contributed by atoms with Gasteiger partial charge in [-0.15, -0.1) is 11.3 Å². The van der Waals surface area contributed by atoms with Crippen molar-refractivity contribution in [3.05, 3.63) is 28.7 Å². The molecule has 128 valence electrons. The highest BCUT2D eigenvalue weighted by atomic mass is 32.1. The Kier molecular flexibility index (Phi) is 4.80. The first-order chi connectivity index (χ1) is 11.4. The first kappa shape index (κ1) is 16.8. The van der Waals surface area contributed by atoms with Crippen LogP contribution in [0.4, 0.5) is 10.9 Å². The number of likely N-dealkylation sites (tertiary alicyclic amines) is 1. The summed E-state index contributed by atoms with van der Waals surface area (Å²) < 4.78 is 0. The lowest BCUT2D eigenvalue weighted by Gasteiger charge is -2.25. The predicted octanol–water partition coefficient (Wildman–Crippen LogP) is 3.61. The monoisotopic (exact) mass is 345 g/mol.